The Morgan fingerprint density at radius 3 is 2.50 bits per heavy atom. The zero-order chi connectivity index (χ0) is 10.7. The molecule has 0 radical (unpaired) electrons. The predicted octanol–water partition coefficient (Wildman–Crippen LogP) is 1.94. The van der Waals surface area contributed by atoms with Gasteiger partial charge in [0.05, 0.1) is 0 Å². The van der Waals surface area contributed by atoms with Gasteiger partial charge in [-0.25, -0.2) is 4.79 Å². The lowest BCUT2D eigenvalue weighted by Crippen LogP contribution is -2.03. The molecule has 1 aromatic heterocycles. The molecule has 74 valence electrons. The molecule has 0 saturated heterocycles. The highest BCUT2D eigenvalue weighted by atomic mass is 16.4. The molecular formula is C11H12O3. The van der Waals surface area contributed by atoms with Crippen molar-refractivity contribution in [2.75, 3.05) is 0 Å². The van der Waals surface area contributed by atoms with E-state index in [9.17, 15) is 9.59 Å². The average molecular weight is 192 g/mol. The minimum Gasteiger partial charge on any atom is -0.423 e. The van der Waals surface area contributed by atoms with E-state index in [0.29, 0.717) is 16.9 Å². The molecule has 1 aromatic rings. The van der Waals surface area contributed by atoms with Crippen molar-refractivity contribution < 1.29 is 9.21 Å². The van der Waals surface area contributed by atoms with Crippen molar-refractivity contribution in [2.45, 2.75) is 20.8 Å². The zero-order valence-electron chi connectivity index (χ0n) is 8.46. The Morgan fingerprint density at radius 2 is 2.00 bits per heavy atom. The van der Waals surface area contributed by atoms with E-state index in [-0.39, 0.29) is 11.4 Å². The number of aryl methyl sites for hydroxylation is 1. The fourth-order valence-electron chi connectivity index (χ4n) is 1.07. The molecular weight excluding hydrogens is 180 g/mol. The number of rotatable bonds is 2. The standard InChI is InChI=1S/C11H12O3/c1-7-4-5-10(14-11(7)13)8(2)6-9(3)12/h4-6H,1-3H3. The highest BCUT2D eigenvalue weighted by molar-refractivity contribution is 5.94. The summed E-state index contributed by atoms with van der Waals surface area (Å²) in [4.78, 5) is 21.9. The summed E-state index contributed by atoms with van der Waals surface area (Å²) in [6.45, 7) is 4.87. The van der Waals surface area contributed by atoms with Crippen LogP contribution in [0.15, 0.2) is 27.4 Å². The van der Waals surface area contributed by atoms with Crippen molar-refractivity contribution in [2.24, 2.45) is 0 Å². The highest BCUT2D eigenvalue weighted by Crippen LogP contribution is 2.11. The smallest absolute Gasteiger partial charge is 0.339 e. The van der Waals surface area contributed by atoms with Crippen LogP contribution in [0, 0.1) is 6.92 Å². The van der Waals surface area contributed by atoms with Crippen LogP contribution in [0.25, 0.3) is 5.57 Å². The summed E-state index contributed by atoms with van der Waals surface area (Å²) >= 11 is 0. The van der Waals surface area contributed by atoms with Crippen molar-refractivity contribution in [3.8, 4) is 0 Å². The van der Waals surface area contributed by atoms with Crippen molar-refractivity contribution in [3.63, 3.8) is 0 Å². The Bertz CT molecular complexity index is 438. The fourth-order valence-corrected chi connectivity index (χ4v) is 1.07. The molecule has 0 unspecified atom stereocenters. The van der Waals surface area contributed by atoms with Gasteiger partial charge in [0.15, 0.2) is 5.78 Å². The molecule has 0 N–H and O–H groups in total. The van der Waals surface area contributed by atoms with Gasteiger partial charge >= 0.3 is 5.63 Å². The normalized spacial score (nSPS) is 11.5. The van der Waals surface area contributed by atoms with Gasteiger partial charge in [-0.2, -0.15) is 0 Å². The number of carbonyl (C=O) groups excluding carboxylic acids is 1. The molecule has 1 heterocycles. The first-order valence-electron chi connectivity index (χ1n) is 4.30. The predicted molar refractivity (Wildman–Crippen MR) is 54.0 cm³/mol. The number of allylic oxidation sites excluding steroid dienone is 2. The van der Waals surface area contributed by atoms with Crippen LogP contribution >= 0.6 is 0 Å². The minimum absolute atomic E-state index is 0.0641. The molecule has 0 aliphatic rings. The van der Waals surface area contributed by atoms with Gasteiger partial charge < -0.3 is 4.42 Å². The summed E-state index contributed by atoms with van der Waals surface area (Å²) in [5, 5.41) is 0. The van der Waals surface area contributed by atoms with Crippen LogP contribution in [0.4, 0.5) is 0 Å². The second-order valence-corrected chi connectivity index (χ2v) is 3.21. The summed E-state index contributed by atoms with van der Waals surface area (Å²) in [5.41, 5.74) is 0.859. The number of carbonyl (C=O) groups is 1. The van der Waals surface area contributed by atoms with Crippen molar-refractivity contribution in [1.82, 2.24) is 0 Å². The van der Waals surface area contributed by atoms with E-state index in [1.54, 1.807) is 26.0 Å². The van der Waals surface area contributed by atoms with Crippen molar-refractivity contribution >= 4 is 11.4 Å². The quantitative estimate of drug-likeness (QED) is 0.673. The van der Waals surface area contributed by atoms with Crippen LogP contribution in [-0.4, -0.2) is 5.78 Å². The second kappa shape index (κ2) is 4.05. The van der Waals surface area contributed by atoms with Crippen LogP contribution in [0.2, 0.25) is 0 Å². The molecule has 0 fully saturated rings. The molecule has 14 heavy (non-hydrogen) atoms. The first-order valence-corrected chi connectivity index (χ1v) is 4.30. The van der Waals surface area contributed by atoms with E-state index in [4.69, 9.17) is 4.42 Å². The summed E-state index contributed by atoms with van der Waals surface area (Å²) in [6, 6.07) is 3.37. The fraction of sp³-hybridized carbons (Fsp3) is 0.273. The molecule has 0 aromatic carbocycles. The molecule has 3 heteroatoms. The molecule has 0 aliphatic carbocycles. The van der Waals surface area contributed by atoms with E-state index in [0.717, 1.165) is 0 Å². The van der Waals surface area contributed by atoms with Gasteiger partial charge in [0.25, 0.3) is 0 Å². The monoisotopic (exact) mass is 192 g/mol. The van der Waals surface area contributed by atoms with Gasteiger partial charge in [0, 0.05) is 5.56 Å². The molecule has 0 atom stereocenters. The van der Waals surface area contributed by atoms with E-state index in [2.05, 4.69) is 0 Å². The van der Waals surface area contributed by atoms with Crippen LogP contribution < -0.4 is 5.63 Å². The summed E-state index contributed by atoms with van der Waals surface area (Å²) < 4.78 is 4.99. The molecule has 0 amide bonds. The third-order valence-electron chi connectivity index (χ3n) is 1.82. The van der Waals surface area contributed by atoms with Gasteiger partial charge in [-0.1, -0.05) is 0 Å². The number of ketones is 1. The average Bonchev–Trinajstić information content (AvgIpc) is 2.08. The maximum Gasteiger partial charge on any atom is 0.339 e. The molecule has 0 bridgehead atoms. The Balaban J connectivity index is 3.15. The Labute approximate surface area is 82.1 Å². The van der Waals surface area contributed by atoms with Gasteiger partial charge in [-0.15, -0.1) is 0 Å². The lowest BCUT2D eigenvalue weighted by molar-refractivity contribution is -0.112. The van der Waals surface area contributed by atoms with E-state index in [1.165, 1.54) is 13.0 Å². The van der Waals surface area contributed by atoms with E-state index in [1.807, 2.05) is 0 Å². The van der Waals surface area contributed by atoms with Crippen molar-refractivity contribution in [1.29, 1.82) is 0 Å². The van der Waals surface area contributed by atoms with Crippen LogP contribution in [0.5, 0.6) is 0 Å². The topological polar surface area (TPSA) is 47.3 Å². The van der Waals surface area contributed by atoms with Gasteiger partial charge in [-0.3, -0.25) is 4.79 Å². The van der Waals surface area contributed by atoms with E-state index < -0.39 is 0 Å². The van der Waals surface area contributed by atoms with Crippen LogP contribution in [-0.2, 0) is 4.79 Å². The lowest BCUT2D eigenvalue weighted by atomic mass is 10.1. The van der Waals surface area contributed by atoms with Crippen LogP contribution in [0.3, 0.4) is 0 Å². The van der Waals surface area contributed by atoms with Gasteiger partial charge in [0.2, 0.25) is 0 Å². The first-order chi connectivity index (χ1) is 6.50. The summed E-state index contributed by atoms with van der Waals surface area (Å²) in [6.07, 6.45) is 1.44. The van der Waals surface area contributed by atoms with E-state index >= 15 is 0 Å². The Hall–Kier alpha value is -1.64. The highest BCUT2D eigenvalue weighted by Gasteiger charge is 2.02. The van der Waals surface area contributed by atoms with Gasteiger partial charge in [0.1, 0.15) is 5.76 Å². The first kappa shape index (κ1) is 10.4. The third kappa shape index (κ3) is 2.42. The summed E-state index contributed by atoms with van der Waals surface area (Å²) in [7, 11) is 0. The van der Waals surface area contributed by atoms with Gasteiger partial charge in [-0.05, 0) is 44.6 Å². The minimum atomic E-state index is -0.362. The van der Waals surface area contributed by atoms with Crippen molar-refractivity contribution in [3.05, 3.63) is 40.0 Å². The molecule has 0 aliphatic heterocycles. The van der Waals surface area contributed by atoms with Crippen LogP contribution in [0.1, 0.15) is 25.2 Å². The maximum atomic E-state index is 11.2. The molecule has 0 saturated carbocycles. The zero-order valence-corrected chi connectivity index (χ0v) is 8.46. The number of hydrogen-bond donors (Lipinski definition) is 0. The molecule has 0 spiro atoms. The second-order valence-electron chi connectivity index (χ2n) is 3.21. The Kier molecular flexibility index (Phi) is 3.02. The maximum absolute atomic E-state index is 11.2. The molecule has 1 rings (SSSR count). The lowest BCUT2D eigenvalue weighted by Gasteiger charge is -1.98. The number of hydrogen-bond acceptors (Lipinski definition) is 3. The molecule has 3 nitrogen and oxygen atoms in total. The Morgan fingerprint density at radius 1 is 1.36 bits per heavy atom. The third-order valence-corrected chi connectivity index (χ3v) is 1.82. The largest absolute Gasteiger partial charge is 0.423 e. The summed E-state index contributed by atoms with van der Waals surface area (Å²) in [5.74, 6) is 0.376. The SMILES string of the molecule is CC(=O)C=C(C)c1ccc(C)c(=O)o1.